The van der Waals surface area contributed by atoms with Crippen LogP contribution in [-0.4, -0.2) is 5.84 Å². The van der Waals surface area contributed by atoms with Crippen LogP contribution in [0.4, 0.5) is 0 Å². The highest BCUT2D eigenvalue weighted by molar-refractivity contribution is 5.84. The second-order valence-corrected chi connectivity index (χ2v) is 2.26. The first kappa shape index (κ1) is 6.09. The van der Waals surface area contributed by atoms with E-state index >= 15 is 0 Å². The predicted octanol–water partition coefficient (Wildman–Crippen LogP) is 0.625. The third kappa shape index (κ3) is 1.20. The van der Waals surface area contributed by atoms with E-state index in [0.717, 1.165) is 12.8 Å². The zero-order valence-electron chi connectivity index (χ0n) is 5.17. The number of hydrogen-bond acceptors (Lipinski definition) is 2. The summed E-state index contributed by atoms with van der Waals surface area (Å²) in [6, 6.07) is 0. The Morgan fingerprint density at radius 3 is 2.67 bits per heavy atom. The molecule has 0 bridgehead atoms. The highest BCUT2D eigenvalue weighted by atomic mass is 14.9. The van der Waals surface area contributed by atoms with Crippen molar-refractivity contribution < 1.29 is 0 Å². The van der Waals surface area contributed by atoms with E-state index in [9.17, 15) is 0 Å². The number of hydrogen-bond donors (Lipinski definition) is 1. The number of amidine groups is 1. The molecule has 9 heavy (non-hydrogen) atoms. The van der Waals surface area contributed by atoms with Gasteiger partial charge in [-0.25, -0.2) is 0 Å². The number of nitriles is 1. The first-order chi connectivity index (χ1) is 4.34. The topological polar surface area (TPSA) is 62.2 Å². The molecule has 0 aromatic rings. The molecule has 1 aliphatic rings. The van der Waals surface area contributed by atoms with Crippen molar-refractivity contribution in [2.75, 3.05) is 0 Å². The lowest BCUT2D eigenvalue weighted by molar-refractivity contribution is 0.411. The summed E-state index contributed by atoms with van der Waals surface area (Å²) < 4.78 is 0. The maximum absolute atomic E-state index is 8.09. The largest absolute Gasteiger partial charge is 0.386 e. The van der Waals surface area contributed by atoms with Crippen LogP contribution in [0.25, 0.3) is 0 Å². The summed E-state index contributed by atoms with van der Waals surface area (Å²) in [5.41, 5.74) is 5.42. The van der Waals surface area contributed by atoms with Gasteiger partial charge in [-0.1, -0.05) is 6.42 Å². The fourth-order valence-corrected chi connectivity index (χ4v) is 0.853. The van der Waals surface area contributed by atoms with Crippen molar-refractivity contribution in [2.24, 2.45) is 16.6 Å². The Hall–Kier alpha value is -1.04. The van der Waals surface area contributed by atoms with E-state index in [1.807, 2.05) is 0 Å². The molecule has 3 heteroatoms. The van der Waals surface area contributed by atoms with Crippen molar-refractivity contribution in [2.45, 2.75) is 19.3 Å². The van der Waals surface area contributed by atoms with Crippen molar-refractivity contribution in [3.05, 3.63) is 0 Å². The zero-order chi connectivity index (χ0) is 6.69. The van der Waals surface area contributed by atoms with Gasteiger partial charge in [0.05, 0.1) is 0 Å². The second-order valence-electron chi connectivity index (χ2n) is 2.26. The maximum atomic E-state index is 8.09. The molecule has 1 rings (SSSR count). The fourth-order valence-electron chi connectivity index (χ4n) is 0.853. The van der Waals surface area contributed by atoms with Gasteiger partial charge in [0.1, 0.15) is 5.84 Å². The van der Waals surface area contributed by atoms with E-state index in [-0.39, 0.29) is 0 Å². The Labute approximate surface area is 54.2 Å². The van der Waals surface area contributed by atoms with Crippen molar-refractivity contribution in [1.29, 1.82) is 5.26 Å². The van der Waals surface area contributed by atoms with Gasteiger partial charge >= 0.3 is 0 Å². The van der Waals surface area contributed by atoms with Gasteiger partial charge < -0.3 is 5.73 Å². The van der Waals surface area contributed by atoms with Crippen LogP contribution in [-0.2, 0) is 0 Å². The molecule has 0 spiro atoms. The van der Waals surface area contributed by atoms with Crippen LogP contribution in [0.2, 0.25) is 0 Å². The fraction of sp³-hybridized carbons (Fsp3) is 0.667. The predicted molar refractivity (Wildman–Crippen MR) is 34.6 cm³/mol. The Morgan fingerprint density at radius 1 is 1.67 bits per heavy atom. The molecule has 0 aliphatic heterocycles. The lowest BCUT2D eigenvalue weighted by Crippen LogP contribution is -2.28. The normalized spacial score (nSPS) is 20.6. The van der Waals surface area contributed by atoms with E-state index in [2.05, 4.69) is 4.99 Å². The quantitative estimate of drug-likeness (QED) is 0.315. The minimum absolute atomic E-state index is 0.407. The Bertz CT molecular complexity index is 162. The standard InChI is InChI=1S/C6H9N3/c7-4-9-6(8)5-2-1-3-5/h5H,1-3H2,(H2,8,9). The average molecular weight is 123 g/mol. The Balaban J connectivity index is 2.42. The lowest BCUT2D eigenvalue weighted by Gasteiger charge is -2.23. The average Bonchev–Trinajstić information content (AvgIpc) is 1.60. The highest BCUT2D eigenvalue weighted by Crippen LogP contribution is 2.25. The molecule has 0 amide bonds. The molecule has 0 aromatic heterocycles. The Kier molecular flexibility index (Phi) is 1.69. The van der Waals surface area contributed by atoms with Gasteiger partial charge in [-0.2, -0.15) is 10.3 Å². The third-order valence-electron chi connectivity index (χ3n) is 1.70. The van der Waals surface area contributed by atoms with Gasteiger partial charge in [0.25, 0.3) is 0 Å². The van der Waals surface area contributed by atoms with Crippen LogP contribution in [0.1, 0.15) is 19.3 Å². The molecule has 2 N–H and O–H groups in total. The SMILES string of the molecule is N#CN=C(N)C1CCC1. The molecule has 0 aromatic carbocycles. The van der Waals surface area contributed by atoms with E-state index in [4.69, 9.17) is 11.0 Å². The van der Waals surface area contributed by atoms with Crippen LogP contribution >= 0.6 is 0 Å². The van der Waals surface area contributed by atoms with E-state index in [1.54, 1.807) is 6.19 Å². The Morgan fingerprint density at radius 2 is 2.33 bits per heavy atom. The minimum atomic E-state index is 0.407. The van der Waals surface area contributed by atoms with Crippen LogP contribution < -0.4 is 5.73 Å². The summed E-state index contributed by atoms with van der Waals surface area (Å²) >= 11 is 0. The van der Waals surface area contributed by atoms with Crippen LogP contribution in [0.3, 0.4) is 0 Å². The molecule has 0 atom stereocenters. The van der Waals surface area contributed by atoms with Crippen molar-refractivity contribution in [3.8, 4) is 6.19 Å². The highest BCUT2D eigenvalue weighted by Gasteiger charge is 2.20. The van der Waals surface area contributed by atoms with Crippen molar-refractivity contribution in [1.82, 2.24) is 0 Å². The molecule has 1 saturated carbocycles. The summed E-state index contributed by atoms with van der Waals surface area (Å²) in [6.07, 6.45) is 5.12. The zero-order valence-corrected chi connectivity index (χ0v) is 5.17. The molecule has 0 saturated heterocycles. The third-order valence-corrected chi connectivity index (χ3v) is 1.70. The number of rotatable bonds is 1. The first-order valence-corrected chi connectivity index (χ1v) is 3.06. The maximum Gasteiger partial charge on any atom is 0.207 e. The molecule has 3 nitrogen and oxygen atoms in total. The van der Waals surface area contributed by atoms with Gasteiger partial charge in [0.2, 0.25) is 6.19 Å². The van der Waals surface area contributed by atoms with E-state index in [0.29, 0.717) is 11.8 Å². The van der Waals surface area contributed by atoms with Gasteiger partial charge in [-0.3, -0.25) is 0 Å². The van der Waals surface area contributed by atoms with Crippen LogP contribution in [0, 0.1) is 17.4 Å². The summed E-state index contributed by atoms with van der Waals surface area (Å²) in [5, 5.41) is 8.09. The van der Waals surface area contributed by atoms with E-state index < -0.39 is 0 Å². The van der Waals surface area contributed by atoms with Crippen LogP contribution in [0.15, 0.2) is 4.99 Å². The summed E-state index contributed by atoms with van der Waals surface area (Å²) in [7, 11) is 0. The molecular weight excluding hydrogens is 114 g/mol. The van der Waals surface area contributed by atoms with Gasteiger partial charge in [-0.15, -0.1) is 0 Å². The van der Waals surface area contributed by atoms with Crippen molar-refractivity contribution >= 4 is 5.84 Å². The summed E-state index contributed by atoms with van der Waals surface area (Å²) in [6.45, 7) is 0. The lowest BCUT2D eigenvalue weighted by atomic mass is 9.85. The molecular formula is C6H9N3. The number of nitrogens with two attached hydrogens (primary N) is 1. The number of aliphatic imine (C=N–C) groups is 1. The summed E-state index contributed by atoms with van der Waals surface area (Å²) in [5.74, 6) is 0.924. The molecule has 0 heterocycles. The first-order valence-electron chi connectivity index (χ1n) is 3.06. The molecule has 0 radical (unpaired) electrons. The second kappa shape index (κ2) is 2.49. The van der Waals surface area contributed by atoms with E-state index in [1.165, 1.54) is 6.42 Å². The minimum Gasteiger partial charge on any atom is -0.386 e. The number of nitrogens with zero attached hydrogens (tertiary/aromatic N) is 2. The van der Waals surface area contributed by atoms with Gasteiger partial charge in [-0.05, 0) is 12.8 Å². The van der Waals surface area contributed by atoms with Gasteiger partial charge in [0, 0.05) is 5.92 Å². The molecule has 1 aliphatic carbocycles. The smallest absolute Gasteiger partial charge is 0.207 e. The van der Waals surface area contributed by atoms with Crippen molar-refractivity contribution in [3.63, 3.8) is 0 Å². The van der Waals surface area contributed by atoms with Crippen LogP contribution in [0.5, 0.6) is 0 Å². The molecule has 48 valence electrons. The summed E-state index contributed by atoms with van der Waals surface area (Å²) in [4.78, 5) is 3.45. The molecule has 0 unspecified atom stereocenters. The van der Waals surface area contributed by atoms with Gasteiger partial charge in [0.15, 0.2) is 0 Å². The monoisotopic (exact) mass is 123 g/mol. The molecule has 1 fully saturated rings.